The Hall–Kier alpha value is -4.26. The van der Waals surface area contributed by atoms with Crippen LogP contribution in [0.3, 0.4) is 0 Å². The molecule has 0 radical (unpaired) electrons. The monoisotopic (exact) mass is 529 g/mol. The van der Waals surface area contributed by atoms with Crippen LogP contribution < -0.4 is 20.2 Å². The molecule has 0 aliphatic carbocycles. The first-order chi connectivity index (χ1) is 18.3. The number of fused-ring (bicyclic) bond motifs is 2. The number of urea groups is 1. The first-order valence-corrected chi connectivity index (χ1v) is 12.1. The molecule has 0 unspecified atom stereocenters. The molecule has 0 spiro atoms. The number of hydrogen-bond acceptors (Lipinski definition) is 9. The van der Waals surface area contributed by atoms with Crippen LogP contribution in [-0.2, 0) is 24.0 Å². The van der Waals surface area contributed by atoms with E-state index < -0.39 is 18.0 Å². The summed E-state index contributed by atoms with van der Waals surface area (Å²) in [5.74, 6) is 0.483. The molecule has 13 nitrogen and oxygen atoms in total. The number of hydrogen-bond donors (Lipinski definition) is 2. The van der Waals surface area contributed by atoms with Gasteiger partial charge in [0, 0.05) is 25.5 Å². The van der Waals surface area contributed by atoms with Gasteiger partial charge in [0.15, 0.2) is 11.5 Å². The van der Waals surface area contributed by atoms with E-state index in [9.17, 15) is 28.8 Å². The Morgan fingerprint density at radius 1 is 1.16 bits per heavy atom. The number of Topliss-reactive ketones (excluding diaryl/α,β-unsaturated/α-hetero) is 1. The van der Waals surface area contributed by atoms with E-state index >= 15 is 0 Å². The number of carbonyl (C=O) groups excluding carboxylic acids is 6. The average Bonchev–Trinajstić information content (AvgIpc) is 3.35. The smallest absolute Gasteiger partial charge is 0.358 e. The van der Waals surface area contributed by atoms with Crippen LogP contribution in [-0.4, -0.2) is 90.2 Å². The lowest BCUT2D eigenvalue weighted by atomic mass is 10.1. The number of aldehydes is 2. The van der Waals surface area contributed by atoms with Crippen molar-refractivity contribution in [3.05, 3.63) is 29.8 Å². The van der Waals surface area contributed by atoms with Crippen molar-refractivity contribution < 1.29 is 38.2 Å². The largest absolute Gasteiger partial charge is 0.454 e. The third-order valence-corrected chi connectivity index (χ3v) is 5.98. The molecule has 2 fully saturated rings. The number of nitrogens with one attached hydrogen (secondary N) is 2. The number of ether oxygens (including phenoxy) is 2. The van der Waals surface area contributed by atoms with Gasteiger partial charge in [0.25, 0.3) is 5.91 Å². The van der Waals surface area contributed by atoms with Crippen LogP contribution in [0.1, 0.15) is 38.2 Å². The van der Waals surface area contributed by atoms with Gasteiger partial charge in [-0.25, -0.2) is 19.8 Å². The van der Waals surface area contributed by atoms with E-state index in [0.717, 1.165) is 21.9 Å². The fourth-order valence-electron chi connectivity index (χ4n) is 4.02. The van der Waals surface area contributed by atoms with Crippen LogP contribution in [0, 0.1) is 0 Å². The maximum absolute atomic E-state index is 12.9. The highest BCUT2D eigenvalue weighted by Crippen LogP contribution is 2.32. The molecule has 13 heteroatoms. The van der Waals surface area contributed by atoms with Crippen molar-refractivity contribution in [2.45, 2.75) is 44.7 Å². The minimum absolute atomic E-state index is 0.0276. The summed E-state index contributed by atoms with van der Waals surface area (Å²) in [6, 6.07) is 3.63. The van der Waals surface area contributed by atoms with Crippen LogP contribution in [0.15, 0.2) is 24.3 Å². The van der Waals surface area contributed by atoms with Crippen LogP contribution in [0.5, 0.6) is 11.5 Å². The Morgan fingerprint density at radius 3 is 2.58 bits per heavy atom. The molecular formula is C25H31N5O8. The number of ketones is 1. The lowest BCUT2D eigenvalue weighted by Crippen LogP contribution is -2.61. The quantitative estimate of drug-likeness (QED) is 0.361. The van der Waals surface area contributed by atoms with E-state index in [1.165, 1.54) is 18.0 Å². The van der Waals surface area contributed by atoms with Gasteiger partial charge < -0.3 is 24.4 Å². The highest BCUT2D eigenvalue weighted by Gasteiger charge is 2.40. The number of amides is 4. The predicted octanol–water partition coefficient (Wildman–Crippen LogP) is 0.445. The number of hydrazine groups is 2. The highest BCUT2D eigenvalue weighted by atomic mass is 16.7. The normalized spacial score (nSPS) is 19.2. The van der Waals surface area contributed by atoms with Crippen molar-refractivity contribution in [1.29, 1.82) is 0 Å². The Balaban J connectivity index is 0.000000383. The van der Waals surface area contributed by atoms with Gasteiger partial charge in [-0.1, -0.05) is 6.07 Å². The fourth-order valence-corrected chi connectivity index (χ4v) is 4.02. The molecular weight excluding hydrogens is 498 g/mol. The summed E-state index contributed by atoms with van der Waals surface area (Å²) in [6.07, 6.45) is 5.72. The Kier molecular flexibility index (Phi) is 9.93. The van der Waals surface area contributed by atoms with Gasteiger partial charge in [0.1, 0.15) is 24.4 Å². The lowest BCUT2D eigenvalue weighted by molar-refractivity contribution is -0.151. The third kappa shape index (κ3) is 7.16. The zero-order chi connectivity index (χ0) is 27.7. The van der Waals surface area contributed by atoms with Gasteiger partial charge in [0.2, 0.25) is 12.7 Å². The van der Waals surface area contributed by atoms with E-state index in [0.29, 0.717) is 43.6 Å². The summed E-state index contributed by atoms with van der Waals surface area (Å²) in [7, 11) is 1.65. The van der Waals surface area contributed by atoms with E-state index in [-0.39, 0.29) is 37.5 Å². The second-order valence-corrected chi connectivity index (χ2v) is 8.75. The third-order valence-electron chi connectivity index (χ3n) is 5.98. The number of rotatable bonds is 8. The second-order valence-electron chi connectivity index (χ2n) is 8.75. The van der Waals surface area contributed by atoms with Gasteiger partial charge in [-0.15, -0.1) is 0 Å². The summed E-state index contributed by atoms with van der Waals surface area (Å²) < 4.78 is 10.5. The maximum atomic E-state index is 12.9. The van der Waals surface area contributed by atoms with Crippen molar-refractivity contribution in [2.75, 3.05) is 26.9 Å². The Bertz CT molecular complexity index is 1110. The molecule has 38 heavy (non-hydrogen) atoms. The molecule has 2 N–H and O–H groups in total. The fraction of sp³-hybridized carbons (Fsp3) is 0.440. The zero-order valence-corrected chi connectivity index (χ0v) is 21.3. The summed E-state index contributed by atoms with van der Waals surface area (Å²) in [5, 5.41) is 6.22. The van der Waals surface area contributed by atoms with Crippen LogP contribution >= 0.6 is 0 Å². The van der Waals surface area contributed by atoms with Crippen LogP contribution in [0.4, 0.5) is 4.79 Å². The molecule has 3 aliphatic heterocycles. The van der Waals surface area contributed by atoms with Crippen molar-refractivity contribution in [2.24, 2.45) is 0 Å². The molecule has 204 valence electrons. The SMILES string of the molecule is CN[C@H](C=O)CC(C)=O.O=C[C@@H]1CCCN2C(=O)CCN(NC(=O)/C=C/c3ccc4c(c3)OCO4)C(=O)N12. The molecule has 2 atom stereocenters. The summed E-state index contributed by atoms with van der Waals surface area (Å²) in [6.45, 7) is 2.03. The van der Waals surface area contributed by atoms with Crippen molar-refractivity contribution in [1.82, 2.24) is 25.8 Å². The van der Waals surface area contributed by atoms with E-state index in [2.05, 4.69) is 10.7 Å². The van der Waals surface area contributed by atoms with Gasteiger partial charge in [-0.05, 0) is 50.6 Å². The number of carbonyl (C=O) groups is 6. The second kappa shape index (κ2) is 13.3. The van der Waals surface area contributed by atoms with Crippen molar-refractivity contribution in [3.63, 3.8) is 0 Å². The summed E-state index contributed by atoms with van der Waals surface area (Å²) in [5.41, 5.74) is 3.22. The number of likely N-dealkylation sites (N-methyl/N-ethyl adjacent to an activating group) is 1. The molecule has 4 rings (SSSR count). The first kappa shape index (κ1) is 28.3. The zero-order valence-electron chi connectivity index (χ0n) is 21.3. The van der Waals surface area contributed by atoms with Gasteiger partial charge in [-0.2, -0.15) is 0 Å². The first-order valence-electron chi connectivity index (χ1n) is 12.1. The average molecular weight is 530 g/mol. The number of nitrogens with zero attached hydrogens (tertiary/aromatic N) is 3. The van der Waals surface area contributed by atoms with E-state index in [1.54, 1.807) is 31.3 Å². The molecule has 1 aromatic rings. The van der Waals surface area contributed by atoms with Gasteiger partial charge in [0.05, 0.1) is 12.6 Å². The van der Waals surface area contributed by atoms with Gasteiger partial charge >= 0.3 is 6.03 Å². The molecule has 0 saturated carbocycles. The summed E-state index contributed by atoms with van der Waals surface area (Å²) >= 11 is 0. The van der Waals surface area contributed by atoms with Crippen LogP contribution in [0.25, 0.3) is 6.08 Å². The topological polar surface area (TPSA) is 155 Å². The summed E-state index contributed by atoms with van der Waals surface area (Å²) in [4.78, 5) is 69.3. The molecule has 0 aromatic heterocycles. The van der Waals surface area contributed by atoms with Crippen molar-refractivity contribution >= 4 is 42.3 Å². The number of benzene rings is 1. The van der Waals surface area contributed by atoms with Gasteiger partial charge in [-0.3, -0.25) is 19.8 Å². The lowest BCUT2D eigenvalue weighted by Gasteiger charge is -2.41. The Labute approximate surface area is 219 Å². The maximum Gasteiger partial charge on any atom is 0.358 e. The Morgan fingerprint density at radius 2 is 1.92 bits per heavy atom. The van der Waals surface area contributed by atoms with Crippen LogP contribution in [0.2, 0.25) is 0 Å². The minimum atomic E-state index is -0.720. The molecule has 4 amide bonds. The standard InChI is InChI=1S/C19H20N4O6.C6H11NO2/c24-11-14-2-1-8-22-18(26)7-9-21(19(27)23(14)22)20-17(25)6-4-13-3-5-15-16(10-13)29-12-28-15;1-5(9)3-6(4-8)7-2/h3-6,10-11,14H,1-2,7-9,12H2,(H,20,25);4,6-7H,3H2,1-2H3/b6-4+;/t14-;6-/m00/s1. The highest BCUT2D eigenvalue weighted by molar-refractivity contribution is 5.94. The van der Waals surface area contributed by atoms with E-state index in [1.807, 2.05) is 0 Å². The predicted molar refractivity (Wildman–Crippen MR) is 133 cm³/mol. The van der Waals surface area contributed by atoms with E-state index in [4.69, 9.17) is 9.47 Å². The molecule has 3 aliphatic rings. The minimum Gasteiger partial charge on any atom is -0.454 e. The molecule has 2 saturated heterocycles. The molecule has 0 bridgehead atoms. The molecule has 3 heterocycles. The molecule has 1 aromatic carbocycles. The van der Waals surface area contributed by atoms with Crippen molar-refractivity contribution in [3.8, 4) is 11.5 Å².